The fraction of sp³-hybridized carbons (Fsp3) is 0.286. The van der Waals surface area contributed by atoms with Crippen molar-refractivity contribution in [3.05, 3.63) is 33.8 Å². The van der Waals surface area contributed by atoms with Gasteiger partial charge in [-0.1, -0.05) is 16.8 Å². The zero-order valence-corrected chi connectivity index (χ0v) is 12.1. The fourth-order valence-corrected chi connectivity index (χ4v) is 2.64. The van der Waals surface area contributed by atoms with Crippen LogP contribution in [0.15, 0.2) is 18.2 Å². The second-order valence-electron chi connectivity index (χ2n) is 4.01. The number of phenols is 1. The van der Waals surface area contributed by atoms with E-state index in [9.17, 15) is 5.11 Å². The van der Waals surface area contributed by atoms with Gasteiger partial charge in [-0.3, -0.25) is 0 Å². The van der Waals surface area contributed by atoms with Gasteiger partial charge >= 0.3 is 0 Å². The van der Waals surface area contributed by atoms with E-state index in [1.165, 1.54) is 0 Å². The molecular weight excluding hydrogens is 260 g/mol. The zero-order chi connectivity index (χ0) is 13.8. The monoisotopic (exact) mass is 277 g/mol. The van der Waals surface area contributed by atoms with E-state index < -0.39 is 0 Å². The molecule has 0 fully saturated rings. The van der Waals surface area contributed by atoms with E-state index in [4.69, 9.17) is 4.74 Å². The van der Waals surface area contributed by atoms with Gasteiger partial charge in [-0.2, -0.15) is 0 Å². The molecule has 100 valence electrons. The first-order valence-electron chi connectivity index (χ1n) is 6.07. The number of methoxy groups -OCH3 is 1. The van der Waals surface area contributed by atoms with Gasteiger partial charge in [0, 0.05) is 16.7 Å². The Balaban J connectivity index is 2.32. The third kappa shape index (κ3) is 2.93. The minimum Gasteiger partial charge on any atom is -0.504 e. The van der Waals surface area contributed by atoms with Crippen LogP contribution in [0.25, 0.3) is 12.2 Å². The summed E-state index contributed by atoms with van der Waals surface area (Å²) in [5, 5.41) is 16.5. The van der Waals surface area contributed by atoms with Crippen molar-refractivity contribution in [1.29, 1.82) is 0 Å². The number of hydrogen-bond donors (Lipinski definition) is 1. The first-order chi connectivity index (χ1) is 9.15. The standard InChI is InChI=1S/C14H16N2O2S/c1-4-16-13(19-10(2)15-16)9-8-11-6-5-7-12(18-3)14(11)17/h5-9H,4H2,1-3H3/p+1. The van der Waals surface area contributed by atoms with Crippen LogP contribution in [-0.4, -0.2) is 17.3 Å². The Morgan fingerprint density at radius 2 is 2.21 bits per heavy atom. The number of ether oxygens (including phenoxy) is 1. The molecule has 1 aromatic carbocycles. The molecule has 19 heavy (non-hydrogen) atoms. The molecule has 5 heteroatoms. The van der Waals surface area contributed by atoms with Crippen LogP contribution in [0.3, 0.4) is 0 Å². The van der Waals surface area contributed by atoms with Crippen molar-refractivity contribution in [3.8, 4) is 11.5 Å². The molecule has 0 spiro atoms. The highest BCUT2D eigenvalue weighted by atomic mass is 32.1. The number of rotatable bonds is 4. The minimum atomic E-state index is 0.158. The predicted octanol–water partition coefficient (Wildman–Crippen LogP) is 2.64. The van der Waals surface area contributed by atoms with Crippen LogP contribution < -0.4 is 9.42 Å². The molecule has 0 aliphatic rings. The normalized spacial score (nSPS) is 11.1. The van der Waals surface area contributed by atoms with Gasteiger partial charge < -0.3 is 9.84 Å². The summed E-state index contributed by atoms with van der Waals surface area (Å²) in [6.07, 6.45) is 3.83. The number of para-hydroxylation sites is 1. The number of hydrogen-bond acceptors (Lipinski definition) is 4. The van der Waals surface area contributed by atoms with Gasteiger partial charge in [-0.05, 0) is 37.3 Å². The van der Waals surface area contributed by atoms with Crippen LogP contribution in [0.4, 0.5) is 0 Å². The summed E-state index contributed by atoms with van der Waals surface area (Å²) in [5.74, 6) is 0.636. The smallest absolute Gasteiger partial charge is 0.289 e. The highest BCUT2D eigenvalue weighted by Crippen LogP contribution is 2.30. The predicted molar refractivity (Wildman–Crippen MR) is 76.3 cm³/mol. The maximum atomic E-state index is 10.0. The molecule has 2 rings (SSSR count). The molecule has 4 nitrogen and oxygen atoms in total. The molecule has 2 aromatic rings. The van der Waals surface area contributed by atoms with Crippen molar-refractivity contribution in [1.82, 2.24) is 5.10 Å². The summed E-state index contributed by atoms with van der Waals surface area (Å²) in [6, 6.07) is 5.43. The lowest BCUT2D eigenvalue weighted by atomic mass is 10.1. The molecule has 0 saturated heterocycles. The van der Waals surface area contributed by atoms with Gasteiger partial charge in [0.2, 0.25) is 0 Å². The average molecular weight is 277 g/mol. The van der Waals surface area contributed by atoms with Gasteiger partial charge in [0.15, 0.2) is 23.1 Å². The zero-order valence-electron chi connectivity index (χ0n) is 11.3. The number of aryl methyl sites for hydroxylation is 2. The summed E-state index contributed by atoms with van der Waals surface area (Å²) in [4.78, 5) is 0. The Morgan fingerprint density at radius 3 is 2.89 bits per heavy atom. The van der Waals surface area contributed by atoms with Gasteiger partial charge in [-0.25, -0.2) is 0 Å². The quantitative estimate of drug-likeness (QED) is 0.874. The topological polar surface area (TPSA) is 46.2 Å². The molecule has 0 saturated carbocycles. The van der Waals surface area contributed by atoms with Crippen LogP contribution in [-0.2, 0) is 6.54 Å². The molecule has 0 amide bonds. The van der Waals surface area contributed by atoms with E-state index in [0.717, 1.165) is 22.1 Å². The lowest BCUT2D eigenvalue weighted by molar-refractivity contribution is -0.747. The van der Waals surface area contributed by atoms with Gasteiger partial charge in [-0.15, -0.1) is 0 Å². The molecule has 0 bridgehead atoms. The summed E-state index contributed by atoms with van der Waals surface area (Å²) >= 11 is 1.63. The largest absolute Gasteiger partial charge is 0.504 e. The van der Waals surface area contributed by atoms with Gasteiger partial charge in [0.25, 0.3) is 5.01 Å². The van der Waals surface area contributed by atoms with E-state index in [1.54, 1.807) is 24.5 Å². The summed E-state index contributed by atoms with van der Waals surface area (Å²) in [5.41, 5.74) is 0.730. The minimum absolute atomic E-state index is 0.158. The molecule has 1 heterocycles. The van der Waals surface area contributed by atoms with Gasteiger partial charge in [0.1, 0.15) is 0 Å². The van der Waals surface area contributed by atoms with E-state index in [0.29, 0.717) is 5.75 Å². The molecule has 0 atom stereocenters. The highest BCUT2D eigenvalue weighted by molar-refractivity contribution is 7.11. The SMILES string of the molecule is CC[n+]1nc(C)sc1C=Cc1cccc(OC)c1O. The number of benzene rings is 1. The Bertz CT molecular complexity index is 605. The number of nitrogens with zero attached hydrogens (tertiary/aromatic N) is 2. The van der Waals surface area contributed by atoms with E-state index in [1.807, 2.05) is 35.9 Å². The maximum Gasteiger partial charge on any atom is 0.289 e. The molecule has 1 N–H and O–H groups in total. The average Bonchev–Trinajstić information content (AvgIpc) is 2.78. The van der Waals surface area contributed by atoms with Crippen molar-refractivity contribution in [2.45, 2.75) is 20.4 Å². The van der Waals surface area contributed by atoms with Crippen LogP contribution in [0.1, 0.15) is 22.5 Å². The third-order valence-corrected chi connectivity index (χ3v) is 3.66. The third-order valence-electron chi connectivity index (χ3n) is 2.72. The molecule has 0 aliphatic carbocycles. The first kappa shape index (κ1) is 13.5. The van der Waals surface area contributed by atoms with Gasteiger partial charge in [0.05, 0.1) is 7.11 Å². The van der Waals surface area contributed by atoms with Crippen LogP contribution in [0.5, 0.6) is 11.5 Å². The Kier molecular flexibility index (Phi) is 4.16. The first-order valence-corrected chi connectivity index (χ1v) is 6.89. The van der Waals surface area contributed by atoms with E-state index in [-0.39, 0.29) is 5.75 Å². The van der Waals surface area contributed by atoms with Crippen LogP contribution >= 0.6 is 11.3 Å². The van der Waals surface area contributed by atoms with Crippen molar-refractivity contribution in [2.24, 2.45) is 0 Å². The Morgan fingerprint density at radius 1 is 1.42 bits per heavy atom. The summed E-state index contributed by atoms with van der Waals surface area (Å²) in [6.45, 7) is 4.87. The summed E-state index contributed by atoms with van der Waals surface area (Å²) < 4.78 is 7.03. The second-order valence-corrected chi connectivity index (χ2v) is 5.22. The van der Waals surface area contributed by atoms with Crippen LogP contribution in [0, 0.1) is 6.92 Å². The number of phenolic OH excluding ortho intramolecular Hbond substituents is 1. The fourth-order valence-electron chi connectivity index (χ4n) is 1.79. The van der Waals surface area contributed by atoms with E-state index in [2.05, 4.69) is 12.0 Å². The molecule has 1 aromatic heterocycles. The van der Waals surface area contributed by atoms with Crippen LogP contribution in [0.2, 0.25) is 0 Å². The van der Waals surface area contributed by atoms with Crippen molar-refractivity contribution in [2.75, 3.05) is 7.11 Å². The number of aromatic hydroxyl groups is 1. The summed E-state index contributed by atoms with van der Waals surface area (Å²) in [7, 11) is 1.54. The Hall–Kier alpha value is -1.88. The maximum absolute atomic E-state index is 10.0. The Labute approximate surface area is 116 Å². The van der Waals surface area contributed by atoms with Crippen molar-refractivity contribution in [3.63, 3.8) is 0 Å². The number of aromatic nitrogens is 2. The van der Waals surface area contributed by atoms with E-state index >= 15 is 0 Å². The highest BCUT2D eigenvalue weighted by Gasteiger charge is 2.13. The molecular formula is C14H17N2O2S+. The molecule has 0 aliphatic heterocycles. The molecule has 0 radical (unpaired) electrons. The lowest BCUT2D eigenvalue weighted by Crippen LogP contribution is -2.36. The van der Waals surface area contributed by atoms with Crippen molar-refractivity contribution >= 4 is 23.5 Å². The second kappa shape index (κ2) is 5.84. The van der Waals surface area contributed by atoms with Crippen molar-refractivity contribution < 1.29 is 14.5 Å². The lowest BCUT2D eigenvalue weighted by Gasteiger charge is -2.04. The molecule has 0 unspecified atom stereocenters.